The number of aromatic hydroxyl groups is 1. The van der Waals surface area contributed by atoms with Crippen molar-refractivity contribution < 1.29 is 14.6 Å². The SMILES string of the molecule is COc1cc(/C=C2/C(=O)N(c3cccc4ccccc34)N=C2C)ccc1O. The summed E-state index contributed by atoms with van der Waals surface area (Å²) in [5, 5.41) is 17.7. The Morgan fingerprint density at radius 1 is 1.07 bits per heavy atom. The number of phenolic OH excluding ortho intramolecular Hbond substituents is 1. The van der Waals surface area contributed by atoms with Crippen LogP contribution in [0.4, 0.5) is 5.69 Å². The second kappa shape index (κ2) is 6.61. The molecule has 1 aliphatic heterocycles. The van der Waals surface area contributed by atoms with Crippen LogP contribution < -0.4 is 9.75 Å². The fraction of sp³-hybridized carbons (Fsp3) is 0.0909. The molecule has 1 aliphatic rings. The van der Waals surface area contributed by atoms with Crippen molar-refractivity contribution in [3.05, 3.63) is 71.8 Å². The summed E-state index contributed by atoms with van der Waals surface area (Å²) in [6, 6.07) is 18.7. The number of rotatable bonds is 3. The van der Waals surface area contributed by atoms with Gasteiger partial charge in [-0.3, -0.25) is 4.79 Å². The normalized spacial score (nSPS) is 15.5. The van der Waals surface area contributed by atoms with Crippen LogP contribution in [0.2, 0.25) is 0 Å². The van der Waals surface area contributed by atoms with E-state index < -0.39 is 0 Å². The molecule has 134 valence electrons. The van der Waals surface area contributed by atoms with Gasteiger partial charge in [-0.1, -0.05) is 42.5 Å². The number of methoxy groups -OCH3 is 1. The summed E-state index contributed by atoms with van der Waals surface area (Å²) in [6.45, 7) is 1.81. The molecule has 3 aromatic rings. The zero-order valence-electron chi connectivity index (χ0n) is 15.0. The molecule has 0 fully saturated rings. The molecule has 1 N–H and O–H groups in total. The highest BCUT2D eigenvalue weighted by molar-refractivity contribution is 6.33. The zero-order chi connectivity index (χ0) is 19.0. The summed E-state index contributed by atoms with van der Waals surface area (Å²) < 4.78 is 5.14. The van der Waals surface area contributed by atoms with E-state index in [9.17, 15) is 9.90 Å². The molecule has 0 aromatic heterocycles. The van der Waals surface area contributed by atoms with Crippen molar-refractivity contribution in [3.63, 3.8) is 0 Å². The Bertz CT molecular complexity index is 1110. The van der Waals surface area contributed by atoms with Gasteiger partial charge in [-0.15, -0.1) is 0 Å². The first kappa shape index (κ1) is 16.8. The van der Waals surface area contributed by atoms with Crippen LogP contribution in [0.25, 0.3) is 16.8 Å². The Balaban J connectivity index is 1.75. The number of carbonyl (C=O) groups is 1. The predicted octanol–water partition coefficient (Wildman–Crippen LogP) is 4.36. The Morgan fingerprint density at radius 2 is 1.85 bits per heavy atom. The number of hydrazone groups is 1. The van der Waals surface area contributed by atoms with Gasteiger partial charge in [0.15, 0.2) is 11.5 Å². The monoisotopic (exact) mass is 358 g/mol. The first-order valence-corrected chi connectivity index (χ1v) is 8.55. The fourth-order valence-corrected chi connectivity index (χ4v) is 3.19. The van der Waals surface area contributed by atoms with Crippen LogP contribution >= 0.6 is 0 Å². The summed E-state index contributed by atoms with van der Waals surface area (Å²) in [4.78, 5) is 13.0. The van der Waals surface area contributed by atoms with Gasteiger partial charge in [0, 0.05) is 5.39 Å². The van der Waals surface area contributed by atoms with Crippen LogP contribution in [-0.4, -0.2) is 23.8 Å². The number of fused-ring (bicyclic) bond motifs is 1. The molecule has 0 unspecified atom stereocenters. The third-order valence-electron chi connectivity index (χ3n) is 4.57. The van der Waals surface area contributed by atoms with E-state index in [1.807, 2.05) is 49.4 Å². The lowest BCUT2D eigenvalue weighted by Crippen LogP contribution is -2.21. The molecule has 3 aromatic carbocycles. The zero-order valence-corrected chi connectivity index (χ0v) is 15.0. The minimum Gasteiger partial charge on any atom is -0.504 e. The second-order valence-corrected chi connectivity index (χ2v) is 6.29. The van der Waals surface area contributed by atoms with Gasteiger partial charge in [-0.25, -0.2) is 0 Å². The van der Waals surface area contributed by atoms with E-state index in [4.69, 9.17) is 4.74 Å². The van der Waals surface area contributed by atoms with E-state index in [1.54, 1.807) is 24.3 Å². The number of amides is 1. The topological polar surface area (TPSA) is 62.1 Å². The molecule has 1 heterocycles. The van der Waals surface area contributed by atoms with Gasteiger partial charge in [-0.2, -0.15) is 10.1 Å². The molecule has 0 saturated carbocycles. The lowest BCUT2D eigenvalue weighted by molar-refractivity contribution is -0.114. The summed E-state index contributed by atoms with van der Waals surface area (Å²) in [5.41, 5.74) is 2.65. The van der Waals surface area contributed by atoms with Crippen molar-refractivity contribution in [2.24, 2.45) is 5.10 Å². The Morgan fingerprint density at radius 3 is 2.67 bits per heavy atom. The Labute approximate surface area is 156 Å². The smallest absolute Gasteiger partial charge is 0.280 e. The van der Waals surface area contributed by atoms with E-state index in [1.165, 1.54) is 12.1 Å². The number of benzene rings is 3. The van der Waals surface area contributed by atoms with Crippen LogP contribution in [0.1, 0.15) is 12.5 Å². The lowest BCUT2D eigenvalue weighted by atomic mass is 10.1. The van der Waals surface area contributed by atoms with Gasteiger partial charge >= 0.3 is 0 Å². The van der Waals surface area contributed by atoms with Crippen molar-refractivity contribution in [1.82, 2.24) is 0 Å². The molecule has 0 saturated heterocycles. The number of anilines is 1. The van der Waals surface area contributed by atoms with Crippen molar-refractivity contribution in [1.29, 1.82) is 0 Å². The molecular formula is C22H18N2O3. The van der Waals surface area contributed by atoms with E-state index in [-0.39, 0.29) is 11.7 Å². The number of hydrogen-bond donors (Lipinski definition) is 1. The van der Waals surface area contributed by atoms with Crippen LogP contribution in [-0.2, 0) is 4.79 Å². The number of nitrogens with zero attached hydrogens (tertiary/aromatic N) is 2. The Kier molecular flexibility index (Phi) is 4.12. The number of carbonyl (C=O) groups excluding carboxylic acids is 1. The van der Waals surface area contributed by atoms with Gasteiger partial charge < -0.3 is 9.84 Å². The summed E-state index contributed by atoms with van der Waals surface area (Å²) in [5.74, 6) is 0.228. The number of ether oxygens (including phenoxy) is 1. The summed E-state index contributed by atoms with van der Waals surface area (Å²) in [7, 11) is 1.49. The van der Waals surface area contributed by atoms with Gasteiger partial charge in [0.2, 0.25) is 0 Å². The molecule has 0 radical (unpaired) electrons. The van der Waals surface area contributed by atoms with Crippen LogP contribution in [0.3, 0.4) is 0 Å². The average Bonchev–Trinajstić information content (AvgIpc) is 2.97. The molecule has 27 heavy (non-hydrogen) atoms. The van der Waals surface area contributed by atoms with Crippen LogP contribution in [0, 0.1) is 0 Å². The van der Waals surface area contributed by atoms with Crippen molar-refractivity contribution in [2.45, 2.75) is 6.92 Å². The molecule has 0 atom stereocenters. The van der Waals surface area contributed by atoms with Crippen molar-refractivity contribution in [3.8, 4) is 11.5 Å². The predicted molar refractivity (Wildman–Crippen MR) is 107 cm³/mol. The lowest BCUT2D eigenvalue weighted by Gasteiger charge is -2.14. The maximum Gasteiger partial charge on any atom is 0.280 e. The minimum absolute atomic E-state index is 0.0557. The maximum atomic E-state index is 13.0. The quantitative estimate of drug-likeness (QED) is 0.708. The number of phenols is 1. The molecular weight excluding hydrogens is 340 g/mol. The van der Waals surface area contributed by atoms with Crippen molar-refractivity contribution >= 4 is 34.2 Å². The highest BCUT2D eigenvalue weighted by atomic mass is 16.5. The second-order valence-electron chi connectivity index (χ2n) is 6.29. The largest absolute Gasteiger partial charge is 0.504 e. The third kappa shape index (κ3) is 2.93. The molecule has 5 nitrogen and oxygen atoms in total. The van der Waals surface area contributed by atoms with Crippen LogP contribution in [0.15, 0.2) is 71.3 Å². The highest BCUT2D eigenvalue weighted by Gasteiger charge is 2.29. The highest BCUT2D eigenvalue weighted by Crippen LogP contribution is 2.32. The molecule has 4 rings (SSSR count). The minimum atomic E-state index is -0.184. The summed E-state index contributed by atoms with van der Waals surface area (Å²) in [6.07, 6.45) is 1.76. The van der Waals surface area contributed by atoms with Gasteiger partial charge in [0.05, 0.1) is 24.1 Å². The van der Waals surface area contributed by atoms with Gasteiger partial charge in [-0.05, 0) is 42.1 Å². The first-order chi connectivity index (χ1) is 13.1. The van der Waals surface area contributed by atoms with Crippen LogP contribution in [0.5, 0.6) is 11.5 Å². The third-order valence-corrected chi connectivity index (χ3v) is 4.57. The molecule has 0 bridgehead atoms. The molecule has 5 heteroatoms. The van der Waals surface area contributed by atoms with E-state index in [0.29, 0.717) is 17.0 Å². The Hall–Kier alpha value is -3.60. The van der Waals surface area contributed by atoms with E-state index in [2.05, 4.69) is 5.10 Å². The number of hydrogen-bond acceptors (Lipinski definition) is 4. The van der Waals surface area contributed by atoms with E-state index in [0.717, 1.165) is 22.0 Å². The van der Waals surface area contributed by atoms with E-state index >= 15 is 0 Å². The molecule has 1 amide bonds. The first-order valence-electron chi connectivity index (χ1n) is 8.55. The fourth-order valence-electron chi connectivity index (χ4n) is 3.19. The molecule has 0 aliphatic carbocycles. The molecule has 0 spiro atoms. The van der Waals surface area contributed by atoms with Gasteiger partial charge in [0.1, 0.15) is 0 Å². The summed E-state index contributed by atoms with van der Waals surface area (Å²) >= 11 is 0. The maximum absolute atomic E-state index is 13.0. The van der Waals surface area contributed by atoms with Gasteiger partial charge in [0.25, 0.3) is 5.91 Å². The standard InChI is InChI=1S/C22H18N2O3/c1-14-18(12-15-10-11-20(25)21(13-15)27-2)22(26)24(23-14)19-9-5-7-16-6-3-4-8-17(16)19/h3-13,25H,1-2H3/b18-12+. The average molecular weight is 358 g/mol. The van der Waals surface area contributed by atoms with Crippen molar-refractivity contribution in [2.75, 3.05) is 12.1 Å².